The Hall–Kier alpha value is -1.55. The van der Waals surface area contributed by atoms with Crippen LogP contribution in [0.4, 0.5) is 0 Å². The maximum atomic E-state index is 11.6. The van der Waals surface area contributed by atoms with E-state index in [1.165, 1.54) is 0 Å². The molecular formula is C13H18N2O2. The van der Waals surface area contributed by atoms with Gasteiger partial charge in [0.2, 0.25) is 0 Å². The van der Waals surface area contributed by atoms with Gasteiger partial charge in [0.1, 0.15) is 0 Å². The van der Waals surface area contributed by atoms with Crippen molar-refractivity contribution in [1.29, 1.82) is 0 Å². The summed E-state index contributed by atoms with van der Waals surface area (Å²) in [6, 6.07) is 5.61. The van der Waals surface area contributed by atoms with Gasteiger partial charge in [-0.05, 0) is 18.9 Å². The molecule has 0 spiro atoms. The molecule has 0 saturated carbocycles. The van der Waals surface area contributed by atoms with Crippen LogP contribution in [0.15, 0.2) is 23.0 Å². The summed E-state index contributed by atoms with van der Waals surface area (Å²) >= 11 is 0. The van der Waals surface area contributed by atoms with Gasteiger partial charge in [-0.1, -0.05) is 26.0 Å². The molecule has 2 rings (SSSR count). The molecule has 1 heterocycles. The second kappa shape index (κ2) is 4.04. The van der Waals surface area contributed by atoms with E-state index in [1.807, 2.05) is 32.0 Å². The number of H-pyrrole nitrogens is 1. The monoisotopic (exact) mass is 234 g/mol. The summed E-state index contributed by atoms with van der Waals surface area (Å²) < 4.78 is 1.56. The number of aliphatic hydroxyl groups is 1. The molecule has 0 aliphatic carbocycles. The zero-order chi connectivity index (χ0) is 12.6. The highest BCUT2D eigenvalue weighted by atomic mass is 16.3. The molecule has 0 fully saturated rings. The first-order chi connectivity index (χ1) is 8.03. The van der Waals surface area contributed by atoms with E-state index in [1.54, 1.807) is 11.6 Å². The van der Waals surface area contributed by atoms with Crippen LogP contribution in [0.5, 0.6) is 0 Å². The van der Waals surface area contributed by atoms with Crippen molar-refractivity contribution in [2.24, 2.45) is 7.05 Å². The second-order valence-corrected chi connectivity index (χ2v) is 4.43. The number of aryl methyl sites for hydroxylation is 1. The minimum atomic E-state index is -0.869. The molecule has 0 unspecified atom stereocenters. The maximum absolute atomic E-state index is 11.6. The molecule has 0 saturated heterocycles. The van der Waals surface area contributed by atoms with Gasteiger partial charge in [-0.15, -0.1) is 0 Å². The second-order valence-electron chi connectivity index (χ2n) is 4.43. The van der Waals surface area contributed by atoms with Gasteiger partial charge >= 0.3 is 5.69 Å². The Morgan fingerprint density at radius 2 is 2.00 bits per heavy atom. The smallest absolute Gasteiger partial charge is 0.326 e. The van der Waals surface area contributed by atoms with Crippen molar-refractivity contribution in [2.75, 3.05) is 0 Å². The van der Waals surface area contributed by atoms with Crippen LogP contribution < -0.4 is 5.69 Å². The normalized spacial score (nSPS) is 12.2. The van der Waals surface area contributed by atoms with Crippen LogP contribution >= 0.6 is 0 Å². The lowest BCUT2D eigenvalue weighted by Crippen LogP contribution is -2.25. The summed E-state index contributed by atoms with van der Waals surface area (Å²) in [4.78, 5) is 14.4. The molecule has 0 radical (unpaired) electrons. The molecule has 0 aliphatic heterocycles. The van der Waals surface area contributed by atoms with Crippen LogP contribution in [0.1, 0.15) is 32.3 Å². The zero-order valence-electron chi connectivity index (χ0n) is 10.4. The van der Waals surface area contributed by atoms with E-state index < -0.39 is 5.60 Å². The van der Waals surface area contributed by atoms with Gasteiger partial charge in [-0.3, -0.25) is 4.57 Å². The number of hydrogen-bond donors (Lipinski definition) is 2. The van der Waals surface area contributed by atoms with Crippen LogP contribution in [-0.2, 0) is 12.6 Å². The van der Waals surface area contributed by atoms with Crippen LogP contribution in [0, 0.1) is 0 Å². The summed E-state index contributed by atoms with van der Waals surface area (Å²) in [5, 5.41) is 10.6. The molecule has 1 aromatic carbocycles. The Balaban J connectivity index is 2.82. The molecule has 92 valence electrons. The van der Waals surface area contributed by atoms with Crippen LogP contribution in [0.25, 0.3) is 11.0 Å². The van der Waals surface area contributed by atoms with Gasteiger partial charge < -0.3 is 10.1 Å². The van der Waals surface area contributed by atoms with Gasteiger partial charge in [0.25, 0.3) is 0 Å². The third-order valence-corrected chi connectivity index (χ3v) is 3.59. The number of nitrogens with zero attached hydrogens (tertiary/aromatic N) is 1. The van der Waals surface area contributed by atoms with Crippen LogP contribution in [-0.4, -0.2) is 14.7 Å². The molecule has 0 aliphatic rings. The number of rotatable bonds is 3. The zero-order valence-corrected chi connectivity index (χ0v) is 10.4. The van der Waals surface area contributed by atoms with Gasteiger partial charge in [0.05, 0.1) is 16.6 Å². The van der Waals surface area contributed by atoms with Crippen molar-refractivity contribution in [2.45, 2.75) is 32.3 Å². The van der Waals surface area contributed by atoms with E-state index in [0.717, 1.165) is 16.6 Å². The average Bonchev–Trinajstić information content (AvgIpc) is 2.64. The van der Waals surface area contributed by atoms with Crippen molar-refractivity contribution in [1.82, 2.24) is 9.55 Å². The summed E-state index contributed by atoms with van der Waals surface area (Å²) in [6.07, 6.45) is 1.25. The lowest BCUT2D eigenvalue weighted by Gasteiger charge is -2.26. The van der Waals surface area contributed by atoms with E-state index in [-0.39, 0.29) is 5.69 Å². The number of aromatic amines is 1. The fourth-order valence-electron chi connectivity index (χ4n) is 2.31. The molecule has 4 nitrogen and oxygen atoms in total. The van der Waals surface area contributed by atoms with E-state index in [2.05, 4.69) is 4.98 Å². The summed E-state index contributed by atoms with van der Waals surface area (Å²) in [7, 11) is 1.72. The number of fused-ring (bicyclic) bond motifs is 1. The first-order valence-corrected chi connectivity index (χ1v) is 5.94. The summed E-state index contributed by atoms with van der Waals surface area (Å²) in [5.41, 5.74) is 1.37. The van der Waals surface area contributed by atoms with Gasteiger partial charge in [-0.25, -0.2) is 4.79 Å². The van der Waals surface area contributed by atoms with Gasteiger partial charge in [0.15, 0.2) is 0 Å². The Bertz CT molecular complexity index is 591. The number of imidazole rings is 1. The van der Waals surface area contributed by atoms with E-state index in [0.29, 0.717) is 12.8 Å². The van der Waals surface area contributed by atoms with Crippen molar-refractivity contribution in [3.8, 4) is 0 Å². The molecule has 4 heteroatoms. The van der Waals surface area contributed by atoms with Crippen molar-refractivity contribution < 1.29 is 5.11 Å². The van der Waals surface area contributed by atoms with Gasteiger partial charge in [-0.2, -0.15) is 0 Å². The largest absolute Gasteiger partial charge is 0.385 e. The van der Waals surface area contributed by atoms with E-state index in [9.17, 15) is 9.90 Å². The van der Waals surface area contributed by atoms with Crippen molar-refractivity contribution in [3.05, 3.63) is 34.2 Å². The van der Waals surface area contributed by atoms with Crippen LogP contribution in [0.2, 0.25) is 0 Å². The topological polar surface area (TPSA) is 58.0 Å². The summed E-state index contributed by atoms with van der Waals surface area (Å²) in [6.45, 7) is 3.90. The molecule has 0 amide bonds. The molecule has 2 aromatic rings. The summed E-state index contributed by atoms with van der Waals surface area (Å²) in [5.74, 6) is 0. The Labute approximate surface area is 99.9 Å². The average molecular weight is 234 g/mol. The van der Waals surface area contributed by atoms with Crippen LogP contribution in [0.3, 0.4) is 0 Å². The minimum Gasteiger partial charge on any atom is -0.385 e. The number of benzene rings is 1. The first-order valence-electron chi connectivity index (χ1n) is 5.94. The number of nitrogens with one attached hydrogen (secondary N) is 1. The first kappa shape index (κ1) is 11.9. The standard InChI is InChI=1S/C13H18N2O2/c1-4-13(17,5-2)9-7-6-8-10-11(9)15(3)12(16)14-10/h6-8,17H,4-5H2,1-3H3,(H,14,16). The predicted molar refractivity (Wildman–Crippen MR) is 68.0 cm³/mol. The Morgan fingerprint density at radius 3 is 2.59 bits per heavy atom. The maximum Gasteiger partial charge on any atom is 0.326 e. The molecule has 1 aromatic heterocycles. The highest BCUT2D eigenvalue weighted by Crippen LogP contribution is 2.32. The number of aromatic nitrogens is 2. The molecular weight excluding hydrogens is 216 g/mol. The number of hydrogen-bond acceptors (Lipinski definition) is 2. The molecule has 0 bridgehead atoms. The van der Waals surface area contributed by atoms with Crippen molar-refractivity contribution >= 4 is 11.0 Å². The fourth-order valence-corrected chi connectivity index (χ4v) is 2.31. The Kier molecular flexibility index (Phi) is 2.83. The fraction of sp³-hybridized carbons (Fsp3) is 0.462. The third-order valence-electron chi connectivity index (χ3n) is 3.59. The van der Waals surface area contributed by atoms with Crippen molar-refractivity contribution in [3.63, 3.8) is 0 Å². The molecule has 17 heavy (non-hydrogen) atoms. The minimum absolute atomic E-state index is 0.151. The lowest BCUT2D eigenvalue weighted by molar-refractivity contribution is 0.0296. The predicted octanol–water partition coefficient (Wildman–Crippen LogP) is 1.87. The number of para-hydroxylation sites is 1. The van der Waals surface area contributed by atoms with E-state index >= 15 is 0 Å². The van der Waals surface area contributed by atoms with E-state index in [4.69, 9.17) is 0 Å². The SMILES string of the molecule is CCC(O)(CC)c1cccc2[nH]c(=O)n(C)c12. The Morgan fingerprint density at radius 1 is 1.35 bits per heavy atom. The quantitative estimate of drug-likeness (QED) is 0.851. The highest BCUT2D eigenvalue weighted by molar-refractivity contribution is 5.79. The molecule has 2 N–H and O–H groups in total. The molecule has 0 atom stereocenters. The lowest BCUT2D eigenvalue weighted by atomic mass is 9.87. The third kappa shape index (κ3) is 1.69. The van der Waals surface area contributed by atoms with Gasteiger partial charge in [0, 0.05) is 12.6 Å². The highest BCUT2D eigenvalue weighted by Gasteiger charge is 2.28.